The second-order valence-corrected chi connectivity index (χ2v) is 4.99. The first-order chi connectivity index (χ1) is 9.59. The van der Waals surface area contributed by atoms with Crippen LogP contribution < -0.4 is 0 Å². The number of benzene rings is 2. The maximum atomic E-state index is 13.7. The molecule has 0 fully saturated rings. The smallest absolute Gasteiger partial charge is 0.164 e. The van der Waals surface area contributed by atoms with Gasteiger partial charge in [0.1, 0.15) is 0 Å². The minimum atomic E-state index is -0.964. The van der Waals surface area contributed by atoms with E-state index in [4.69, 9.17) is 0 Å². The van der Waals surface area contributed by atoms with Crippen LogP contribution in [0.3, 0.4) is 0 Å². The van der Waals surface area contributed by atoms with E-state index in [1.165, 1.54) is 24.6 Å². The van der Waals surface area contributed by atoms with Gasteiger partial charge in [-0.1, -0.05) is 42.5 Å². The molecule has 1 N–H and O–H groups in total. The van der Waals surface area contributed by atoms with Gasteiger partial charge in [-0.05, 0) is 37.3 Å². The van der Waals surface area contributed by atoms with E-state index in [2.05, 4.69) is 0 Å². The predicted octanol–water partition coefficient (Wildman–Crippen LogP) is 4.33. The summed E-state index contributed by atoms with van der Waals surface area (Å²) in [6, 6.07) is 12.8. The highest BCUT2D eigenvalue weighted by Gasteiger charge is 2.17. The molecule has 0 aliphatic rings. The zero-order chi connectivity index (χ0) is 14.5. The van der Waals surface area contributed by atoms with Crippen molar-refractivity contribution in [2.45, 2.75) is 32.3 Å². The molecule has 2 aromatic carbocycles. The van der Waals surface area contributed by atoms with Crippen LogP contribution in [0.1, 0.15) is 35.6 Å². The summed E-state index contributed by atoms with van der Waals surface area (Å²) in [6.07, 6.45) is 0.983. The topological polar surface area (TPSA) is 20.2 Å². The van der Waals surface area contributed by atoms with Gasteiger partial charge in [-0.15, -0.1) is 0 Å². The number of aryl methyl sites for hydroxylation is 2. The minimum absolute atomic E-state index is 0.0427. The molecule has 0 aliphatic carbocycles. The Bertz CT molecular complexity index is 567. The Morgan fingerprint density at radius 2 is 1.70 bits per heavy atom. The molecule has 2 rings (SSSR count). The zero-order valence-electron chi connectivity index (χ0n) is 11.4. The Morgan fingerprint density at radius 3 is 2.40 bits per heavy atom. The molecule has 0 heterocycles. The summed E-state index contributed by atoms with van der Waals surface area (Å²) >= 11 is 0. The van der Waals surface area contributed by atoms with Gasteiger partial charge >= 0.3 is 0 Å². The summed E-state index contributed by atoms with van der Waals surface area (Å²) in [5.41, 5.74) is 1.47. The van der Waals surface area contributed by atoms with Crippen LogP contribution in [0.5, 0.6) is 0 Å². The summed E-state index contributed by atoms with van der Waals surface area (Å²) in [5, 5.41) is 9.99. The molecule has 0 spiro atoms. The first kappa shape index (κ1) is 14.7. The molecule has 3 heteroatoms. The van der Waals surface area contributed by atoms with Gasteiger partial charge in [0, 0.05) is 5.56 Å². The normalized spacial score (nSPS) is 12.4. The van der Waals surface area contributed by atoms with E-state index in [1.807, 2.05) is 30.3 Å². The third-order valence-electron chi connectivity index (χ3n) is 3.45. The Morgan fingerprint density at radius 1 is 1.00 bits per heavy atom. The number of rotatable bonds is 5. The molecule has 1 atom stereocenters. The summed E-state index contributed by atoms with van der Waals surface area (Å²) in [7, 11) is 0. The Balaban J connectivity index is 1.95. The molecule has 0 radical (unpaired) electrons. The van der Waals surface area contributed by atoms with Crippen molar-refractivity contribution in [3.8, 4) is 0 Å². The maximum absolute atomic E-state index is 13.7. The van der Waals surface area contributed by atoms with Gasteiger partial charge in [0.25, 0.3) is 0 Å². The van der Waals surface area contributed by atoms with Crippen LogP contribution in [0.25, 0.3) is 0 Å². The number of hydrogen-bond acceptors (Lipinski definition) is 1. The Hall–Kier alpha value is -1.74. The van der Waals surface area contributed by atoms with Crippen molar-refractivity contribution in [3.63, 3.8) is 0 Å². The highest BCUT2D eigenvalue weighted by molar-refractivity contribution is 5.27. The van der Waals surface area contributed by atoms with Gasteiger partial charge < -0.3 is 5.11 Å². The van der Waals surface area contributed by atoms with E-state index in [0.717, 1.165) is 12.8 Å². The molecule has 0 saturated heterocycles. The molecular weight excluding hydrogens is 258 g/mol. The molecule has 0 saturated carbocycles. The summed E-state index contributed by atoms with van der Waals surface area (Å²) in [4.78, 5) is 0. The lowest BCUT2D eigenvalue weighted by molar-refractivity contribution is 0.159. The van der Waals surface area contributed by atoms with Gasteiger partial charge in [0.05, 0.1) is 6.10 Å². The second kappa shape index (κ2) is 6.62. The van der Waals surface area contributed by atoms with E-state index < -0.39 is 17.7 Å². The molecule has 0 aromatic heterocycles. The predicted molar refractivity (Wildman–Crippen MR) is 75.4 cm³/mol. The molecule has 1 unspecified atom stereocenters. The monoisotopic (exact) mass is 276 g/mol. The average Bonchev–Trinajstić information content (AvgIpc) is 2.46. The fourth-order valence-corrected chi connectivity index (χ4v) is 2.22. The van der Waals surface area contributed by atoms with Crippen molar-refractivity contribution in [3.05, 3.63) is 70.8 Å². The van der Waals surface area contributed by atoms with Crippen LogP contribution in [0.15, 0.2) is 42.5 Å². The van der Waals surface area contributed by atoms with Crippen molar-refractivity contribution in [2.75, 3.05) is 0 Å². The van der Waals surface area contributed by atoms with Crippen molar-refractivity contribution in [1.29, 1.82) is 0 Å². The lowest BCUT2D eigenvalue weighted by Gasteiger charge is -2.13. The van der Waals surface area contributed by atoms with Crippen molar-refractivity contribution in [1.82, 2.24) is 0 Å². The SMILES string of the molecule is Cc1ccc(C(O)CCCc2ccccc2)c(F)c1F. The van der Waals surface area contributed by atoms with E-state index in [0.29, 0.717) is 6.42 Å². The quantitative estimate of drug-likeness (QED) is 0.861. The number of halogens is 2. The van der Waals surface area contributed by atoms with E-state index >= 15 is 0 Å². The average molecular weight is 276 g/mol. The fraction of sp³-hybridized carbons (Fsp3) is 0.294. The summed E-state index contributed by atoms with van der Waals surface area (Å²) in [6.45, 7) is 1.50. The molecule has 0 bridgehead atoms. The molecular formula is C17H18F2O. The van der Waals surface area contributed by atoms with E-state index in [9.17, 15) is 13.9 Å². The van der Waals surface area contributed by atoms with Gasteiger partial charge in [0.15, 0.2) is 11.6 Å². The lowest BCUT2D eigenvalue weighted by atomic mass is 9.99. The van der Waals surface area contributed by atoms with Gasteiger partial charge in [0.2, 0.25) is 0 Å². The first-order valence-electron chi connectivity index (χ1n) is 6.76. The molecule has 106 valence electrons. The number of aliphatic hydroxyl groups is 1. The van der Waals surface area contributed by atoms with Crippen LogP contribution in [0.4, 0.5) is 8.78 Å². The van der Waals surface area contributed by atoms with Crippen molar-refractivity contribution >= 4 is 0 Å². The zero-order valence-corrected chi connectivity index (χ0v) is 11.4. The van der Waals surface area contributed by atoms with Crippen LogP contribution in [0.2, 0.25) is 0 Å². The van der Waals surface area contributed by atoms with Crippen LogP contribution in [-0.2, 0) is 6.42 Å². The molecule has 0 aliphatic heterocycles. The number of aliphatic hydroxyl groups excluding tert-OH is 1. The molecule has 1 nitrogen and oxygen atoms in total. The first-order valence-corrected chi connectivity index (χ1v) is 6.76. The maximum Gasteiger partial charge on any atom is 0.164 e. The van der Waals surface area contributed by atoms with Crippen LogP contribution >= 0.6 is 0 Å². The third-order valence-corrected chi connectivity index (χ3v) is 3.45. The highest BCUT2D eigenvalue weighted by Crippen LogP contribution is 2.25. The van der Waals surface area contributed by atoms with Crippen molar-refractivity contribution < 1.29 is 13.9 Å². The summed E-state index contributed by atoms with van der Waals surface area (Å²) in [5.74, 6) is -1.80. The van der Waals surface area contributed by atoms with Gasteiger partial charge in [-0.3, -0.25) is 0 Å². The number of hydrogen-bond donors (Lipinski definition) is 1. The highest BCUT2D eigenvalue weighted by atomic mass is 19.2. The minimum Gasteiger partial charge on any atom is -0.388 e. The lowest BCUT2D eigenvalue weighted by Crippen LogP contribution is -2.04. The van der Waals surface area contributed by atoms with Crippen molar-refractivity contribution in [2.24, 2.45) is 0 Å². The molecule has 0 amide bonds. The Labute approximate surface area is 117 Å². The fourth-order valence-electron chi connectivity index (χ4n) is 2.22. The third kappa shape index (κ3) is 3.42. The van der Waals surface area contributed by atoms with Gasteiger partial charge in [-0.2, -0.15) is 0 Å². The van der Waals surface area contributed by atoms with Gasteiger partial charge in [-0.25, -0.2) is 8.78 Å². The standard InChI is InChI=1S/C17H18F2O/c1-12-10-11-14(17(19)16(12)18)15(20)9-5-8-13-6-3-2-4-7-13/h2-4,6-7,10-11,15,20H,5,8-9H2,1H3. The van der Waals surface area contributed by atoms with E-state index in [-0.39, 0.29) is 11.1 Å². The molecule has 2 aromatic rings. The van der Waals surface area contributed by atoms with Crippen LogP contribution in [-0.4, -0.2) is 5.11 Å². The van der Waals surface area contributed by atoms with Crippen LogP contribution in [0, 0.1) is 18.6 Å². The second-order valence-electron chi connectivity index (χ2n) is 4.99. The largest absolute Gasteiger partial charge is 0.388 e. The summed E-state index contributed by atoms with van der Waals surface area (Å²) < 4.78 is 27.2. The Kier molecular flexibility index (Phi) is 4.85. The molecule has 20 heavy (non-hydrogen) atoms. The van der Waals surface area contributed by atoms with E-state index in [1.54, 1.807) is 0 Å².